The molecule has 0 aromatic heterocycles. The van der Waals surface area contributed by atoms with E-state index in [9.17, 15) is 4.79 Å². The van der Waals surface area contributed by atoms with Gasteiger partial charge in [-0.2, -0.15) is 0 Å². The van der Waals surface area contributed by atoms with Crippen LogP contribution in [0.25, 0.3) is 0 Å². The zero-order chi connectivity index (χ0) is 13.0. The van der Waals surface area contributed by atoms with E-state index in [0.717, 1.165) is 24.0 Å². The average Bonchev–Trinajstić information content (AvgIpc) is 2.98. The van der Waals surface area contributed by atoms with Crippen molar-refractivity contribution in [3.8, 4) is 0 Å². The maximum Gasteiger partial charge on any atom is 0.340 e. The molecule has 0 saturated carbocycles. The Labute approximate surface area is 106 Å². The molecular weight excluding hydrogens is 228 g/mol. The Bertz CT molecular complexity index is 488. The first-order chi connectivity index (χ1) is 8.66. The second kappa shape index (κ2) is 5.65. The molecular formula is C15H16O3. The van der Waals surface area contributed by atoms with E-state index in [2.05, 4.69) is 0 Å². The monoisotopic (exact) mass is 244 g/mol. The molecule has 1 atom stereocenters. The minimum Gasteiger partial charge on any atom is -0.433 e. The van der Waals surface area contributed by atoms with E-state index in [0.29, 0.717) is 5.57 Å². The molecule has 3 nitrogen and oxygen atoms in total. The Hall–Kier alpha value is -1.87. The van der Waals surface area contributed by atoms with Crippen LogP contribution in [0.4, 0.5) is 0 Å². The average molecular weight is 244 g/mol. The molecule has 1 N–H and O–H groups in total. The van der Waals surface area contributed by atoms with Crippen molar-refractivity contribution in [1.29, 1.82) is 0 Å². The second-order valence-electron chi connectivity index (χ2n) is 4.26. The van der Waals surface area contributed by atoms with Crippen LogP contribution in [0.5, 0.6) is 0 Å². The van der Waals surface area contributed by atoms with Gasteiger partial charge in [-0.3, -0.25) is 0 Å². The number of hydrogen-bond acceptors (Lipinski definition) is 3. The van der Waals surface area contributed by atoms with Crippen LogP contribution in [0.2, 0.25) is 0 Å². The third-order valence-electron chi connectivity index (χ3n) is 2.74. The summed E-state index contributed by atoms with van der Waals surface area (Å²) in [5, 5.41) is 9.14. The zero-order valence-corrected chi connectivity index (χ0v) is 10.3. The fraction of sp³-hybridized carbons (Fsp3) is 0.267. The molecule has 0 aromatic rings. The highest BCUT2D eigenvalue weighted by molar-refractivity contribution is 5.94. The lowest BCUT2D eigenvalue weighted by Gasteiger charge is -2.11. The van der Waals surface area contributed by atoms with Crippen molar-refractivity contribution < 1.29 is 14.6 Å². The summed E-state index contributed by atoms with van der Waals surface area (Å²) in [7, 11) is 0. The molecule has 3 heteroatoms. The quantitative estimate of drug-likeness (QED) is 0.469. The third-order valence-corrected chi connectivity index (χ3v) is 2.74. The highest BCUT2D eigenvalue weighted by Gasteiger charge is 2.18. The summed E-state index contributed by atoms with van der Waals surface area (Å²) >= 11 is 0. The predicted octanol–water partition coefficient (Wildman–Crippen LogP) is 2.57. The van der Waals surface area contributed by atoms with Crippen LogP contribution < -0.4 is 0 Å². The van der Waals surface area contributed by atoms with Gasteiger partial charge in [-0.25, -0.2) is 4.79 Å². The summed E-state index contributed by atoms with van der Waals surface area (Å²) in [6, 6.07) is 0. The standard InChI is InChI=1S/C15H16O3/c1-11(16)18-15(17)14(13-8-4-5-9-13)10-12-6-2-3-7-12/h2-6,8,10-11,16H,7,9H2,1H3/b14-10-. The van der Waals surface area contributed by atoms with E-state index < -0.39 is 12.3 Å². The van der Waals surface area contributed by atoms with Crippen molar-refractivity contribution in [2.45, 2.75) is 26.1 Å². The molecule has 0 aliphatic heterocycles. The molecule has 2 rings (SSSR count). The van der Waals surface area contributed by atoms with Crippen LogP contribution in [0.15, 0.2) is 59.3 Å². The van der Waals surface area contributed by atoms with E-state index in [1.807, 2.05) is 42.5 Å². The van der Waals surface area contributed by atoms with Crippen LogP contribution in [-0.2, 0) is 9.53 Å². The van der Waals surface area contributed by atoms with Gasteiger partial charge in [-0.1, -0.05) is 36.5 Å². The molecule has 0 amide bonds. The highest BCUT2D eigenvalue weighted by atomic mass is 16.6. The first kappa shape index (κ1) is 12.6. The zero-order valence-electron chi connectivity index (χ0n) is 10.3. The largest absolute Gasteiger partial charge is 0.433 e. The predicted molar refractivity (Wildman–Crippen MR) is 69.5 cm³/mol. The second-order valence-corrected chi connectivity index (χ2v) is 4.26. The van der Waals surface area contributed by atoms with Crippen molar-refractivity contribution in [2.75, 3.05) is 0 Å². The van der Waals surface area contributed by atoms with Gasteiger partial charge in [0.25, 0.3) is 0 Å². The number of aliphatic hydroxyl groups excluding tert-OH is 1. The van der Waals surface area contributed by atoms with E-state index in [1.165, 1.54) is 6.92 Å². The van der Waals surface area contributed by atoms with Gasteiger partial charge in [-0.15, -0.1) is 0 Å². The molecule has 1 unspecified atom stereocenters. The maximum absolute atomic E-state index is 12.0. The van der Waals surface area contributed by atoms with Crippen molar-refractivity contribution in [3.63, 3.8) is 0 Å². The molecule has 94 valence electrons. The Balaban J connectivity index is 2.20. The Morgan fingerprint density at radius 1 is 1.33 bits per heavy atom. The summed E-state index contributed by atoms with van der Waals surface area (Å²) in [5.74, 6) is -0.479. The molecule has 0 fully saturated rings. The number of esters is 1. The van der Waals surface area contributed by atoms with E-state index in [1.54, 1.807) is 0 Å². The normalized spacial score (nSPS) is 19.8. The number of hydrogen-bond donors (Lipinski definition) is 1. The van der Waals surface area contributed by atoms with Gasteiger partial charge in [0.15, 0.2) is 6.29 Å². The summed E-state index contributed by atoms with van der Waals surface area (Å²) in [6.07, 6.45) is 14.1. The van der Waals surface area contributed by atoms with Crippen LogP contribution in [0.1, 0.15) is 19.8 Å². The molecule has 0 radical (unpaired) electrons. The Kier molecular flexibility index (Phi) is 3.95. The van der Waals surface area contributed by atoms with Crippen LogP contribution in [0, 0.1) is 0 Å². The van der Waals surface area contributed by atoms with Crippen molar-refractivity contribution in [1.82, 2.24) is 0 Å². The summed E-state index contributed by atoms with van der Waals surface area (Å²) in [5.41, 5.74) is 2.52. The summed E-state index contributed by atoms with van der Waals surface area (Å²) in [4.78, 5) is 12.0. The lowest BCUT2D eigenvalue weighted by Crippen LogP contribution is -2.16. The molecule has 2 aliphatic carbocycles. The first-order valence-electron chi connectivity index (χ1n) is 5.99. The smallest absolute Gasteiger partial charge is 0.340 e. The fourth-order valence-corrected chi connectivity index (χ4v) is 1.90. The van der Waals surface area contributed by atoms with Gasteiger partial charge >= 0.3 is 5.97 Å². The first-order valence-corrected chi connectivity index (χ1v) is 5.99. The van der Waals surface area contributed by atoms with Crippen molar-refractivity contribution in [2.24, 2.45) is 0 Å². The molecule has 2 aliphatic rings. The third kappa shape index (κ3) is 3.08. The molecule has 0 aromatic carbocycles. The van der Waals surface area contributed by atoms with E-state index in [4.69, 9.17) is 9.84 Å². The Morgan fingerprint density at radius 3 is 2.61 bits per heavy atom. The van der Waals surface area contributed by atoms with Crippen molar-refractivity contribution in [3.05, 3.63) is 59.3 Å². The number of allylic oxidation sites excluding steroid dienone is 8. The number of aliphatic hydroxyl groups is 1. The number of ether oxygens (including phenoxy) is 1. The van der Waals surface area contributed by atoms with Crippen LogP contribution >= 0.6 is 0 Å². The Morgan fingerprint density at radius 2 is 2.06 bits per heavy atom. The molecule has 0 saturated heterocycles. The van der Waals surface area contributed by atoms with Gasteiger partial charge in [0.1, 0.15) is 0 Å². The topological polar surface area (TPSA) is 46.5 Å². The van der Waals surface area contributed by atoms with Crippen LogP contribution in [-0.4, -0.2) is 17.4 Å². The molecule has 0 heterocycles. The lowest BCUT2D eigenvalue weighted by atomic mass is 10.0. The van der Waals surface area contributed by atoms with Gasteiger partial charge in [0, 0.05) is 0 Å². The lowest BCUT2D eigenvalue weighted by molar-refractivity contribution is -0.159. The van der Waals surface area contributed by atoms with Gasteiger partial charge < -0.3 is 9.84 Å². The van der Waals surface area contributed by atoms with Gasteiger partial charge in [0.2, 0.25) is 0 Å². The van der Waals surface area contributed by atoms with E-state index >= 15 is 0 Å². The molecule has 18 heavy (non-hydrogen) atoms. The SMILES string of the molecule is CC(O)OC(=O)/C(=C\C1=CC=CC1)C1=CC=CC1. The maximum atomic E-state index is 12.0. The minimum absolute atomic E-state index is 0.479. The molecule has 0 spiro atoms. The van der Waals surface area contributed by atoms with Gasteiger partial charge in [-0.05, 0) is 37.0 Å². The highest BCUT2D eigenvalue weighted by Crippen LogP contribution is 2.24. The number of carbonyl (C=O) groups excluding carboxylic acids is 1. The van der Waals surface area contributed by atoms with Crippen LogP contribution in [0.3, 0.4) is 0 Å². The summed E-state index contributed by atoms with van der Waals surface area (Å²) in [6.45, 7) is 1.42. The van der Waals surface area contributed by atoms with Crippen molar-refractivity contribution >= 4 is 5.97 Å². The fourth-order valence-electron chi connectivity index (χ4n) is 1.90. The minimum atomic E-state index is -1.09. The molecule has 0 bridgehead atoms. The summed E-state index contributed by atoms with van der Waals surface area (Å²) < 4.78 is 4.87. The number of rotatable bonds is 4. The van der Waals surface area contributed by atoms with E-state index in [-0.39, 0.29) is 0 Å². The number of carbonyl (C=O) groups is 1. The van der Waals surface area contributed by atoms with Gasteiger partial charge in [0.05, 0.1) is 5.57 Å².